The predicted octanol–water partition coefficient (Wildman–Crippen LogP) is 2.74. The fourth-order valence-electron chi connectivity index (χ4n) is 2.35. The Morgan fingerprint density at radius 1 is 1.06 bits per heavy atom. The van der Waals surface area contributed by atoms with Crippen LogP contribution in [0.2, 0.25) is 0 Å². The van der Waals surface area contributed by atoms with Gasteiger partial charge < -0.3 is 14.8 Å². The van der Waals surface area contributed by atoms with E-state index in [4.69, 9.17) is 9.47 Å². The minimum atomic E-state index is -0.0603. The van der Waals surface area contributed by atoms with Gasteiger partial charge in [0.25, 0.3) is 0 Å². The van der Waals surface area contributed by atoms with Crippen LogP contribution in [0.25, 0.3) is 0 Å². The Kier molecular flexibility index (Phi) is 6.45. The molecule has 1 rings (SSSR count). The second-order valence-corrected chi connectivity index (χ2v) is 5.90. The molecule has 0 amide bonds. The number of hydrogen-bond donors (Lipinski definition) is 1. The normalized spacial score (nSPS) is 26.8. The molecule has 0 spiro atoms. The van der Waals surface area contributed by atoms with Gasteiger partial charge in [-0.05, 0) is 40.7 Å². The summed E-state index contributed by atoms with van der Waals surface area (Å²) >= 11 is 0. The third-order valence-corrected chi connectivity index (χ3v) is 3.27. The van der Waals surface area contributed by atoms with Crippen molar-refractivity contribution in [2.75, 3.05) is 20.3 Å². The molecule has 0 saturated heterocycles. The molecule has 102 valence electrons. The lowest BCUT2D eigenvalue weighted by molar-refractivity contribution is -0.0590. The summed E-state index contributed by atoms with van der Waals surface area (Å²) in [7, 11) is 2.04. The summed E-state index contributed by atoms with van der Waals surface area (Å²) in [6, 6.07) is 0.520. The van der Waals surface area contributed by atoms with Crippen LogP contribution in [0, 0.1) is 0 Å². The molecule has 1 N–H and O–H groups in total. The molecular formula is C14H29NO2. The van der Waals surface area contributed by atoms with Crippen molar-refractivity contribution >= 4 is 0 Å². The highest BCUT2D eigenvalue weighted by Gasteiger charge is 2.22. The summed E-state index contributed by atoms with van der Waals surface area (Å²) in [5.41, 5.74) is -0.0603. The van der Waals surface area contributed by atoms with E-state index in [1.54, 1.807) is 0 Å². The average Bonchev–Trinajstić information content (AvgIpc) is 2.47. The molecule has 1 aliphatic rings. The van der Waals surface area contributed by atoms with E-state index < -0.39 is 0 Å². The van der Waals surface area contributed by atoms with Gasteiger partial charge in [0.05, 0.1) is 24.9 Å². The van der Waals surface area contributed by atoms with E-state index in [1.165, 1.54) is 32.1 Å². The summed E-state index contributed by atoms with van der Waals surface area (Å²) in [5, 5.41) is 3.39. The topological polar surface area (TPSA) is 30.5 Å². The van der Waals surface area contributed by atoms with Gasteiger partial charge in [-0.3, -0.25) is 0 Å². The van der Waals surface area contributed by atoms with E-state index in [2.05, 4.69) is 26.1 Å². The Bertz CT molecular complexity index is 201. The zero-order valence-electron chi connectivity index (χ0n) is 11.9. The van der Waals surface area contributed by atoms with E-state index in [9.17, 15) is 0 Å². The van der Waals surface area contributed by atoms with Crippen LogP contribution in [0.15, 0.2) is 0 Å². The molecule has 1 fully saturated rings. The first-order valence-corrected chi connectivity index (χ1v) is 6.96. The van der Waals surface area contributed by atoms with Crippen LogP contribution in [0.3, 0.4) is 0 Å². The maximum absolute atomic E-state index is 5.97. The molecule has 0 radical (unpaired) electrons. The maximum Gasteiger partial charge on any atom is 0.0729 e. The lowest BCUT2D eigenvalue weighted by atomic mass is 10.1. The zero-order chi connectivity index (χ0) is 12.7. The lowest BCUT2D eigenvalue weighted by Gasteiger charge is -2.26. The number of likely N-dealkylation sites (N-methyl/N-ethyl adjacent to an activating group) is 1. The van der Waals surface area contributed by atoms with Gasteiger partial charge in [-0.1, -0.05) is 19.3 Å². The summed E-state index contributed by atoms with van der Waals surface area (Å²) in [6.07, 6.45) is 6.75. The highest BCUT2D eigenvalue weighted by molar-refractivity contribution is 4.79. The third kappa shape index (κ3) is 6.39. The highest BCUT2D eigenvalue weighted by atomic mass is 16.5. The van der Waals surface area contributed by atoms with Crippen LogP contribution in [0.5, 0.6) is 0 Å². The largest absolute Gasteiger partial charge is 0.374 e. The molecule has 17 heavy (non-hydrogen) atoms. The first kappa shape index (κ1) is 14.9. The van der Waals surface area contributed by atoms with Crippen LogP contribution in [0.1, 0.15) is 52.9 Å². The summed E-state index contributed by atoms with van der Waals surface area (Å²) in [5.74, 6) is 0. The predicted molar refractivity (Wildman–Crippen MR) is 71.4 cm³/mol. The standard InChI is InChI=1S/C14H29NO2/c1-14(2,3)17-11-10-16-13-9-7-5-6-8-12(13)15-4/h12-13,15H,5-11H2,1-4H3. The fourth-order valence-corrected chi connectivity index (χ4v) is 2.35. The lowest BCUT2D eigenvalue weighted by Crippen LogP contribution is -2.39. The molecule has 0 aromatic heterocycles. The second kappa shape index (κ2) is 7.34. The van der Waals surface area contributed by atoms with E-state index in [-0.39, 0.29) is 5.60 Å². The monoisotopic (exact) mass is 243 g/mol. The second-order valence-electron chi connectivity index (χ2n) is 5.90. The van der Waals surface area contributed by atoms with Crippen LogP contribution < -0.4 is 5.32 Å². The Morgan fingerprint density at radius 3 is 2.41 bits per heavy atom. The molecule has 0 heterocycles. The van der Waals surface area contributed by atoms with E-state index >= 15 is 0 Å². The first-order valence-electron chi connectivity index (χ1n) is 6.96. The van der Waals surface area contributed by atoms with E-state index in [0.717, 1.165) is 0 Å². The molecule has 1 aliphatic carbocycles. The molecule has 2 atom stereocenters. The Hall–Kier alpha value is -0.120. The summed E-state index contributed by atoms with van der Waals surface area (Å²) < 4.78 is 11.6. The van der Waals surface area contributed by atoms with Crippen molar-refractivity contribution < 1.29 is 9.47 Å². The molecule has 1 saturated carbocycles. The average molecular weight is 243 g/mol. The SMILES string of the molecule is CNC1CCCCCC1OCCOC(C)(C)C. The Morgan fingerprint density at radius 2 is 1.76 bits per heavy atom. The number of hydrogen-bond acceptors (Lipinski definition) is 3. The molecule has 3 heteroatoms. The van der Waals surface area contributed by atoms with Crippen molar-refractivity contribution in [3.63, 3.8) is 0 Å². The van der Waals surface area contributed by atoms with Gasteiger partial charge in [-0.2, -0.15) is 0 Å². The first-order chi connectivity index (χ1) is 8.03. The minimum Gasteiger partial charge on any atom is -0.374 e. The Balaban J connectivity index is 2.23. The van der Waals surface area contributed by atoms with Gasteiger partial charge in [-0.25, -0.2) is 0 Å². The van der Waals surface area contributed by atoms with E-state index in [1.807, 2.05) is 7.05 Å². The van der Waals surface area contributed by atoms with Crippen LogP contribution in [-0.4, -0.2) is 38.0 Å². The van der Waals surface area contributed by atoms with Gasteiger partial charge in [0.2, 0.25) is 0 Å². The highest BCUT2D eigenvalue weighted by Crippen LogP contribution is 2.20. The maximum atomic E-state index is 5.97. The molecular weight excluding hydrogens is 214 g/mol. The van der Waals surface area contributed by atoms with Crippen molar-refractivity contribution in [3.05, 3.63) is 0 Å². The molecule has 2 unspecified atom stereocenters. The van der Waals surface area contributed by atoms with Crippen molar-refractivity contribution in [3.8, 4) is 0 Å². The summed E-state index contributed by atoms with van der Waals surface area (Å²) in [4.78, 5) is 0. The van der Waals surface area contributed by atoms with Gasteiger partial charge in [0.1, 0.15) is 0 Å². The van der Waals surface area contributed by atoms with Crippen LogP contribution >= 0.6 is 0 Å². The van der Waals surface area contributed by atoms with Gasteiger partial charge in [0, 0.05) is 6.04 Å². The van der Waals surface area contributed by atoms with Gasteiger partial charge >= 0.3 is 0 Å². The van der Waals surface area contributed by atoms with Crippen LogP contribution in [0.4, 0.5) is 0 Å². The quantitative estimate of drug-likeness (QED) is 0.595. The molecule has 0 aromatic carbocycles. The molecule has 0 bridgehead atoms. The van der Waals surface area contributed by atoms with Crippen molar-refractivity contribution in [1.82, 2.24) is 5.32 Å². The van der Waals surface area contributed by atoms with Crippen molar-refractivity contribution in [2.45, 2.75) is 70.6 Å². The van der Waals surface area contributed by atoms with Crippen LogP contribution in [-0.2, 0) is 9.47 Å². The molecule has 0 aromatic rings. The van der Waals surface area contributed by atoms with Crippen molar-refractivity contribution in [1.29, 1.82) is 0 Å². The van der Waals surface area contributed by atoms with Crippen molar-refractivity contribution in [2.24, 2.45) is 0 Å². The number of ether oxygens (including phenoxy) is 2. The molecule has 0 aliphatic heterocycles. The number of nitrogens with one attached hydrogen (secondary N) is 1. The minimum absolute atomic E-state index is 0.0603. The van der Waals surface area contributed by atoms with Gasteiger partial charge in [-0.15, -0.1) is 0 Å². The third-order valence-electron chi connectivity index (χ3n) is 3.27. The smallest absolute Gasteiger partial charge is 0.0729 e. The molecule has 3 nitrogen and oxygen atoms in total. The van der Waals surface area contributed by atoms with E-state index in [0.29, 0.717) is 25.4 Å². The van der Waals surface area contributed by atoms with Gasteiger partial charge in [0.15, 0.2) is 0 Å². The number of rotatable bonds is 5. The summed E-state index contributed by atoms with van der Waals surface area (Å²) in [6.45, 7) is 7.63. The Labute approximate surface area is 106 Å². The fraction of sp³-hybridized carbons (Fsp3) is 1.00. The zero-order valence-corrected chi connectivity index (χ0v) is 11.9.